The zero-order valence-electron chi connectivity index (χ0n) is 8.54. The molecule has 0 aromatic carbocycles. The van der Waals surface area contributed by atoms with E-state index in [1.807, 2.05) is 25.3 Å². The van der Waals surface area contributed by atoms with E-state index < -0.39 is 0 Å². The fourth-order valence-electron chi connectivity index (χ4n) is 0.862. The molecule has 12 heavy (non-hydrogen) atoms. The minimum Gasteiger partial charge on any atom is -0.261 e. The van der Waals surface area contributed by atoms with Crippen LogP contribution in [0.2, 0.25) is 0 Å². The fourth-order valence-corrected chi connectivity index (χ4v) is 0.862. The smallest absolute Gasteiger partial charge is 0.0389 e. The zero-order valence-corrected chi connectivity index (χ0v) is 8.54. The van der Waals surface area contributed by atoms with Crippen molar-refractivity contribution in [2.24, 2.45) is 10.9 Å². The molecule has 0 aromatic rings. The first-order chi connectivity index (χ1) is 5.72. The summed E-state index contributed by atoms with van der Waals surface area (Å²) in [4.78, 5) is 4.35. The summed E-state index contributed by atoms with van der Waals surface area (Å²) in [6, 6.07) is 0. The monoisotopic (exact) mass is 165 g/mol. The number of allylic oxidation sites excluding steroid dienone is 4. The van der Waals surface area contributed by atoms with E-state index in [0.29, 0.717) is 5.92 Å². The molecule has 0 fully saturated rings. The van der Waals surface area contributed by atoms with Crippen LogP contribution in [-0.4, -0.2) is 6.21 Å². The second kappa shape index (κ2) is 6.84. The highest BCUT2D eigenvalue weighted by molar-refractivity contribution is 5.71. The van der Waals surface area contributed by atoms with E-state index in [1.54, 1.807) is 0 Å². The summed E-state index contributed by atoms with van der Waals surface area (Å²) in [7, 11) is 0. The van der Waals surface area contributed by atoms with Gasteiger partial charge in [0.1, 0.15) is 0 Å². The van der Waals surface area contributed by atoms with Crippen molar-refractivity contribution in [3.8, 4) is 0 Å². The molecule has 0 unspecified atom stereocenters. The predicted octanol–water partition coefficient (Wildman–Crippen LogP) is 3.58. The molecule has 0 aliphatic carbocycles. The Balaban J connectivity index is 4.23. The average molecular weight is 165 g/mol. The maximum absolute atomic E-state index is 4.35. The molecule has 0 N–H and O–H groups in total. The molecule has 0 aromatic heterocycles. The molecule has 0 rings (SSSR count). The number of rotatable bonds is 4. The third-order valence-electron chi connectivity index (χ3n) is 1.51. The number of aliphatic imine (C=N–C) groups is 1. The molecule has 0 atom stereocenters. The predicted molar refractivity (Wildman–Crippen MR) is 56.5 cm³/mol. The SMILES string of the molecule is C\C=C/C=N/C(=C/CC)C(C)C. The Morgan fingerprint density at radius 3 is 2.50 bits per heavy atom. The molecular formula is C11H19N. The van der Waals surface area contributed by atoms with Gasteiger partial charge in [0.2, 0.25) is 0 Å². The molecular weight excluding hydrogens is 146 g/mol. The van der Waals surface area contributed by atoms with Gasteiger partial charge in [-0.25, -0.2) is 0 Å². The minimum atomic E-state index is 0.520. The molecule has 68 valence electrons. The van der Waals surface area contributed by atoms with Gasteiger partial charge in [0.15, 0.2) is 0 Å². The van der Waals surface area contributed by atoms with Crippen molar-refractivity contribution in [3.63, 3.8) is 0 Å². The Morgan fingerprint density at radius 1 is 1.42 bits per heavy atom. The highest BCUT2D eigenvalue weighted by Crippen LogP contribution is 2.10. The molecule has 1 nitrogen and oxygen atoms in total. The Hall–Kier alpha value is -0.850. The van der Waals surface area contributed by atoms with E-state index in [0.717, 1.165) is 6.42 Å². The molecule has 1 heteroatoms. The van der Waals surface area contributed by atoms with Crippen molar-refractivity contribution in [2.45, 2.75) is 34.1 Å². The van der Waals surface area contributed by atoms with E-state index in [2.05, 4.69) is 31.8 Å². The number of hydrogen-bond donors (Lipinski definition) is 0. The van der Waals surface area contributed by atoms with Gasteiger partial charge in [0, 0.05) is 11.9 Å². The normalized spacial score (nSPS) is 13.9. The summed E-state index contributed by atoms with van der Waals surface area (Å²) in [6.07, 6.45) is 9.01. The highest BCUT2D eigenvalue weighted by Gasteiger charge is 1.97. The lowest BCUT2D eigenvalue weighted by Crippen LogP contribution is -1.90. The van der Waals surface area contributed by atoms with E-state index in [-0.39, 0.29) is 0 Å². The second-order valence-corrected chi connectivity index (χ2v) is 3.00. The highest BCUT2D eigenvalue weighted by atomic mass is 14.7. The summed E-state index contributed by atoms with van der Waals surface area (Å²) in [6.45, 7) is 8.45. The minimum absolute atomic E-state index is 0.520. The van der Waals surface area contributed by atoms with E-state index in [1.165, 1.54) is 5.70 Å². The van der Waals surface area contributed by atoms with Crippen LogP contribution in [0.1, 0.15) is 34.1 Å². The van der Waals surface area contributed by atoms with Gasteiger partial charge in [-0.1, -0.05) is 32.9 Å². The quantitative estimate of drug-likeness (QED) is 0.564. The molecule has 0 saturated heterocycles. The zero-order chi connectivity index (χ0) is 9.40. The topological polar surface area (TPSA) is 12.4 Å². The molecule has 0 spiro atoms. The van der Waals surface area contributed by atoms with Crippen LogP contribution in [0.5, 0.6) is 0 Å². The molecule has 0 aliphatic heterocycles. The summed E-state index contributed by atoms with van der Waals surface area (Å²) in [5.74, 6) is 0.520. The number of nitrogens with zero attached hydrogens (tertiary/aromatic N) is 1. The maximum atomic E-state index is 4.35. The van der Waals surface area contributed by atoms with Gasteiger partial charge in [-0.2, -0.15) is 0 Å². The lowest BCUT2D eigenvalue weighted by Gasteiger charge is -2.03. The van der Waals surface area contributed by atoms with E-state index in [4.69, 9.17) is 0 Å². The second-order valence-electron chi connectivity index (χ2n) is 3.00. The summed E-state index contributed by atoms with van der Waals surface area (Å²) in [5, 5.41) is 0. The van der Waals surface area contributed by atoms with E-state index in [9.17, 15) is 0 Å². The fraction of sp³-hybridized carbons (Fsp3) is 0.545. The first kappa shape index (κ1) is 11.2. The largest absolute Gasteiger partial charge is 0.261 e. The molecule has 0 aliphatic rings. The van der Waals surface area contributed by atoms with Gasteiger partial charge >= 0.3 is 0 Å². The van der Waals surface area contributed by atoms with Crippen LogP contribution in [0.25, 0.3) is 0 Å². The standard InChI is InChI=1S/C11H19N/c1-5-7-9-12-11(8-6-2)10(3)4/h5,7-10H,6H2,1-4H3/b7-5-,11-8+,12-9+. The van der Waals surface area contributed by atoms with Gasteiger partial charge in [-0.15, -0.1) is 0 Å². The first-order valence-corrected chi connectivity index (χ1v) is 4.57. The van der Waals surface area contributed by atoms with Crippen LogP contribution in [0.15, 0.2) is 28.9 Å². The maximum Gasteiger partial charge on any atom is 0.0389 e. The van der Waals surface area contributed by atoms with Crippen molar-refractivity contribution < 1.29 is 0 Å². The molecule has 0 heterocycles. The van der Waals surface area contributed by atoms with Crippen molar-refractivity contribution in [2.75, 3.05) is 0 Å². The van der Waals surface area contributed by atoms with Crippen LogP contribution in [-0.2, 0) is 0 Å². The van der Waals surface area contributed by atoms with Gasteiger partial charge in [-0.05, 0) is 25.3 Å². The van der Waals surface area contributed by atoms with Crippen LogP contribution in [0.3, 0.4) is 0 Å². The third-order valence-corrected chi connectivity index (χ3v) is 1.51. The third kappa shape index (κ3) is 4.89. The van der Waals surface area contributed by atoms with E-state index >= 15 is 0 Å². The summed E-state index contributed by atoms with van der Waals surface area (Å²) in [5.41, 5.74) is 1.18. The first-order valence-electron chi connectivity index (χ1n) is 4.57. The van der Waals surface area contributed by atoms with Gasteiger partial charge in [-0.3, -0.25) is 4.99 Å². The van der Waals surface area contributed by atoms with Crippen LogP contribution < -0.4 is 0 Å². The van der Waals surface area contributed by atoms with Crippen LogP contribution in [0, 0.1) is 5.92 Å². The Kier molecular flexibility index (Phi) is 6.35. The molecule has 0 amide bonds. The van der Waals surface area contributed by atoms with Gasteiger partial charge in [0.05, 0.1) is 0 Å². The number of hydrogen-bond acceptors (Lipinski definition) is 1. The Bertz CT molecular complexity index is 185. The van der Waals surface area contributed by atoms with Crippen molar-refractivity contribution in [1.29, 1.82) is 0 Å². The lowest BCUT2D eigenvalue weighted by molar-refractivity contribution is 0.753. The molecule has 0 saturated carbocycles. The van der Waals surface area contributed by atoms with Crippen LogP contribution in [0.4, 0.5) is 0 Å². The van der Waals surface area contributed by atoms with Crippen molar-refractivity contribution in [3.05, 3.63) is 23.9 Å². The Labute approximate surface area is 75.9 Å². The van der Waals surface area contributed by atoms with Crippen molar-refractivity contribution >= 4 is 6.21 Å². The average Bonchev–Trinajstić information content (AvgIpc) is 2.03. The molecule has 0 bridgehead atoms. The summed E-state index contributed by atoms with van der Waals surface area (Å²) < 4.78 is 0. The van der Waals surface area contributed by atoms with Crippen LogP contribution >= 0.6 is 0 Å². The summed E-state index contributed by atoms with van der Waals surface area (Å²) >= 11 is 0. The lowest BCUT2D eigenvalue weighted by atomic mass is 10.1. The van der Waals surface area contributed by atoms with Crippen molar-refractivity contribution in [1.82, 2.24) is 0 Å². The Morgan fingerprint density at radius 2 is 2.08 bits per heavy atom. The van der Waals surface area contributed by atoms with Gasteiger partial charge in [0.25, 0.3) is 0 Å². The molecule has 0 radical (unpaired) electrons. The van der Waals surface area contributed by atoms with Gasteiger partial charge < -0.3 is 0 Å².